The molecule has 1 heterocycles. The molecule has 0 radical (unpaired) electrons. The molecule has 1 rings (SSSR count). The van der Waals surface area contributed by atoms with Crippen molar-refractivity contribution in [1.29, 1.82) is 0 Å². The molecule has 0 aliphatic heterocycles. The van der Waals surface area contributed by atoms with Crippen molar-refractivity contribution in [3.05, 3.63) is 16.2 Å². The molecule has 0 aliphatic rings. The van der Waals surface area contributed by atoms with Crippen LogP contribution in [0.3, 0.4) is 0 Å². The molecule has 1 aromatic heterocycles. The summed E-state index contributed by atoms with van der Waals surface area (Å²) in [5.41, 5.74) is 0.300. The standard InChI is InChI=1S/C11H21N5O/c1-4-16(5-2)8-6-7-12-10-9(3)14-15-11(17)13-10/h4-8H2,1-3H3,(H2,12,13,15,17). The van der Waals surface area contributed by atoms with Gasteiger partial charge in [-0.3, -0.25) is 0 Å². The van der Waals surface area contributed by atoms with Gasteiger partial charge in [-0.2, -0.15) is 10.1 Å². The molecule has 0 aromatic carbocycles. The average Bonchev–Trinajstić information content (AvgIpc) is 2.33. The molecule has 0 saturated heterocycles. The maximum atomic E-state index is 11.0. The van der Waals surface area contributed by atoms with Gasteiger partial charge in [-0.05, 0) is 33.0 Å². The predicted molar refractivity (Wildman–Crippen MR) is 68.3 cm³/mol. The number of aromatic nitrogens is 3. The van der Waals surface area contributed by atoms with Crippen molar-refractivity contribution in [2.24, 2.45) is 0 Å². The molecular formula is C11H21N5O. The van der Waals surface area contributed by atoms with Crippen LogP contribution in [0, 0.1) is 6.92 Å². The SMILES string of the molecule is CCN(CC)CCCNc1nc(=O)[nH]nc1C. The molecule has 0 unspecified atom stereocenters. The fourth-order valence-electron chi connectivity index (χ4n) is 1.61. The van der Waals surface area contributed by atoms with Gasteiger partial charge in [0.05, 0.1) is 0 Å². The van der Waals surface area contributed by atoms with Crippen molar-refractivity contribution in [1.82, 2.24) is 20.1 Å². The number of hydrogen-bond donors (Lipinski definition) is 2. The minimum absolute atomic E-state index is 0.415. The molecular weight excluding hydrogens is 218 g/mol. The van der Waals surface area contributed by atoms with E-state index in [1.165, 1.54) is 0 Å². The first-order chi connectivity index (χ1) is 8.17. The van der Waals surface area contributed by atoms with Crippen LogP contribution in [0.5, 0.6) is 0 Å². The molecule has 17 heavy (non-hydrogen) atoms. The van der Waals surface area contributed by atoms with Crippen molar-refractivity contribution in [2.45, 2.75) is 27.2 Å². The van der Waals surface area contributed by atoms with Crippen molar-refractivity contribution in [2.75, 3.05) is 31.5 Å². The summed E-state index contributed by atoms with van der Waals surface area (Å²) in [5, 5.41) is 9.29. The highest BCUT2D eigenvalue weighted by Gasteiger charge is 2.02. The van der Waals surface area contributed by atoms with Gasteiger partial charge in [-0.1, -0.05) is 13.8 Å². The maximum absolute atomic E-state index is 11.0. The van der Waals surface area contributed by atoms with Gasteiger partial charge in [0.2, 0.25) is 0 Å². The largest absolute Gasteiger partial charge is 0.368 e. The van der Waals surface area contributed by atoms with Crippen LogP contribution in [0.15, 0.2) is 4.79 Å². The predicted octanol–water partition coefficient (Wildman–Crippen LogP) is 0.617. The number of aromatic amines is 1. The van der Waals surface area contributed by atoms with E-state index < -0.39 is 5.69 Å². The highest BCUT2D eigenvalue weighted by atomic mass is 16.1. The Labute approximate surface area is 101 Å². The van der Waals surface area contributed by atoms with Crippen LogP contribution in [0.1, 0.15) is 26.0 Å². The fraction of sp³-hybridized carbons (Fsp3) is 0.727. The van der Waals surface area contributed by atoms with Gasteiger partial charge in [-0.15, -0.1) is 0 Å². The van der Waals surface area contributed by atoms with Gasteiger partial charge in [0, 0.05) is 6.54 Å². The van der Waals surface area contributed by atoms with Crippen LogP contribution in [0.4, 0.5) is 5.82 Å². The monoisotopic (exact) mass is 239 g/mol. The van der Waals surface area contributed by atoms with Crippen molar-refractivity contribution >= 4 is 5.82 Å². The Balaban J connectivity index is 2.35. The Kier molecular flexibility index (Phi) is 5.62. The summed E-state index contributed by atoms with van der Waals surface area (Å²) in [6.07, 6.45) is 1.02. The Morgan fingerprint density at radius 3 is 2.71 bits per heavy atom. The number of H-pyrrole nitrogens is 1. The van der Waals surface area contributed by atoms with Crippen LogP contribution in [-0.4, -0.2) is 46.3 Å². The van der Waals surface area contributed by atoms with Crippen molar-refractivity contribution in [3.8, 4) is 0 Å². The summed E-state index contributed by atoms with van der Waals surface area (Å²) in [4.78, 5) is 17.2. The van der Waals surface area contributed by atoms with Gasteiger partial charge in [-0.25, -0.2) is 9.89 Å². The van der Waals surface area contributed by atoms with E-state index in [0.29, 0.717) is 11.5 Å². The van der Waals surface area contributed by atoms with Gasteiger partial charge in [0.1, 0.15) is 5.69 Å². The van der Waals surface area contributed by atoms with E-state index in [4.69, 9.17) is 0 Å². The highest BCUT2D eigenvalue weighted by Crippen LogP contribution is 2.03. The smallest absolute Gasteiger partial charge is 0.363 e. The lowest BCUT2D eigenvalue weighted by Crippen LogP contribution is -2.26. The molecule has 0 fully saturated rings. The van der Waals surface area contributed by atoms with E-state index in [-0.39, 0.29) is 0 Å². The third kappa shape index (κ3) is 4.52. The second-order valence-electron chi connectivity index (χ2n) is 3.88. The minimum Gasteiger partial charge on any atom is -0.368 e. The van der Waals surface area contributed by atoms with Gasteiger partial charge >= 0.3 is 5.69 Å². The zero-order valence-corrected chi connectivity index (χ0v) is 10.8. The van der Waals surface area contributed by atoms with Gasteiger partial charge in [0.15, 0.2) is 5.82 Å². The summed E-state index contributed by atoms with van der Waals surface area (Å²) in [5.74, 6) is 0.577. The zero-order chi connectivity index (χ0) is 12.7. The molecule has 0 atom stereocenters. The molecule has 2 N–H and O–H groups in total. The van der Waals surface area contributed by atoms with E-state index in [0.717, 1.165) is 32.6 Å². The molecule has 6 nitrogen and oxygen atoms in total. The van der Waals surface area contributed by atoms with Gasteiger partial charge in [0.25, 0.3) is 0 Å². The summed E-state index contributed by atoms with van der Waals surface area (Å²) < 4.78 is 0. The second-order valence-corrected chi connectivity index (χ2v) is 3.88. The lowest BCUT2D eigenvalue weighted by atomic mass is 10.3. The first-order valence-electron chi connectivity index (χ1n) is 6.07. The van der Waals surface area contributed by atoms with Crippen LogP contribution in [0.2, 0.25) is 0 Å². The second kappa shape index (κ2) is 7.01. The Morgan fingerprint density at radius 1 is 1.35 bits per heavy atom. The lowest BCUT2D eigenvalue weighted by molar-refractivity contribution is 0.303. The molecule has 1 aromatic rings. The number of rotatable bonds is 7. The molecule has 6 heteroatoms. The number of nitrogens with zero attached hydrogens (tertiary/aromatic N) is 3. The Hall–Kier alpha value is -1.43. The average molecular weight is 239 g/mol. The van der Waals surface area contributed by atoms with E-state index in [9.17, 15) is 4.79 Å². The molecule has 0 spiro atoms. The summed E-state index contributed by atoms with van der Waals surface area (Å²) in [7, 11) is 0. The summed E-state index contributed by atoms with van der Waals surface area (Å²) >= 11 is 0. The zero-order valence-electron chi connectivity index (χ0n) is 10.8. The van der Waals surface area contributed by atoms with E-state index in [2.05, 4.69) is 39.2 Å². The highest BCUT2D eigenvalue weighted by molar-refractivity contribution is 5.37. The molecule has 96 valence electrons. The third-order valence-corrected chi connectivity index (χ3v) is 2.71. The lowest BCUT2D eigenvalue weighted by Gasteiger charge is -2.17. The first-order valence-corrected chi connectivity index (χ1v) is 6.07. The van der Waals surface area contributed by atoms with Crippen LogP contribution < -0.4 is 11.0 Å². The van der Waals surface area contributed by atoms with Crippen LogP contribution >= 0.6 is 0 Å². The quantitative estimate of drug-likeness (QED) is 0.682. The van der Waals surface area contributed by atoms with Gasteiger partial charge < -0.3 is 10.2 Å². The van der Waals surface area contributed by atoms with Crippen LogP contribution in [-0.2, 0) is 0 Å². The Bertz CT molecular complexity index is 386. The topological polar surface area (TPSA) is 73.9 Å². The number of nitrogens with one attached hydrogen (secondary N) is 2. The fourth-order valence-corrected chi connectivity index (χ4v) is 1.61. The number of anilines is 1. The Morgan fingerprint density at radius 2 is 2.06 bits per heavy atom. The summed E-state index contributed by atoms with van der Waals surface area (Å²) in [6, 6.07) is 0. The first kappa shape index (κ1) is 13.6. The van der Waals surface area contributed by atoms with Crippen molar-refractivity contribution in [3.63, 3.8) is 0 Å². The molecule has 0 bridgehead atoms. The number of hydrogen-bond acceptors (Lipinski definition) is 5. The molecule has 0 saturated carbocycles. The number of aryl methyl sites for hydroxylation is 1. The molecule has 0 aliphatic carbocycles. The minimum atomic E-state index is -0.415. The van der Waals surface area contributed by atoms with E-state index in [1.54, 1.807) is 0 Å². The van der Waals surface area contributed by atoms with E-state index in [1.807, 2.05) is 6.92 Å². The van der Waals surface area contributed by atoms with E-state index >= 15 is 0 Å². The van der Waals surface area contributed by atoms with Crippen LogP contribution in [0.25, 0.3) is 0 Å². The molecule has 0 amide bonds. The maximum Gasteiger partial charge on any atom is 0.363 e. The normalized spacial score (nSPS) is 10.8. The summed E-state index contributed by atoms with van der Waals surface area (Å²) in [6.45, 7) is 10.1. The van der Waals surface area contributed by atoms with Crippen molar-refractivity contribution < 1.29 is 0 Å². The third-order valence-electron chi connectivity index (χ3n) is 2.71.